The number of fused-ring (bicyclic) bond motifs is 1. The summed E-state index contributed by atoms with van der Waals surface area (Å²) in [6, 6.07) is 14.5. The summed E-state index contributed by atoms with van der Waals surface area (Å²) in [6.45, 7) is 3.07. The number of amides is 2. The van der Waals surface area contributed by atoms with Crippen LogP contribution in [0.25, 0.3) is 11.4 Å². The molecule has 0 spiro atoms. The fourth-order valence-corrected chi connectivity index (χ4v) is 3.83. The summed E-state index contributed by atoms with van der Waals surface area (Å²) in [5, 5.41) is 14.2. The molecular weight excluding hydrogens is 406 g/mol. The van der Waals surface area contributed by atoms with Crippen LogP contribution in [0.3, 0.4) is 0 Å². The van der Waals surface area contributed by atoms with Crippen LogP contribution in [0.1, 0.15) is 42.4 Å². The standard InChI is InChI=1S/C24H27N5O3/c1-2-32-20-12-6-5-11-19(20)24(31)25-16-22(30)26-18-10-8-9-17(15-18)23-28-27-21-13-4-3-7-14-29(21)23/h5-6,8-12,15H,2-4,7,13-14,16H2,1H3,(H,25,31)(H,26,30). The first-order chi connectivity index (χ1) is 15.7. The SMILES string of the molecule is CCOc1ccccc1C(=O)NCC(=O)Nc1cccc(-c2nnc3n2CCCCC3)c1. The van der Waals surface area contributed by atoms with Gasteiger partial charge in [0.1, 0.15) is 11.6 Å². The first kappa shape index (κ1) is 21.5. The van der Waals surface area contributed by atoms with Crippen molar-refractivity contribution in [1.82, 2.24) is 20.1 Å². The van der Waals surface area contributed by atoms with Gasteiger partial charge in [0.05, 0.1) is 18.7 Å². The fourth-order valence-electron chi connectivity index (χ4n) is 3.83. The lowest BCUT2D eigenvalue weighted by molar-refractivity contribution is -0.115. The van der Waals surface area contributed by atoms with Crippen molar-refractivity contribution in [3.05, 3.63) is 59.9 Å². The minimum absolute atomic E-state index is 0.149. The van der Waals surface area contributed by atoms with Crippen LogP contribution < -0.4 is 15.4 Å². The van der Waals surface area contributed by atoms with Crippen LogP contribution in [0.15, 0.2) is 48.5 Å². The van der Waals surface area contributed by atoms with Crippen molar-refractivity contribution in [2.45, 2.75) is 39.2 Å². The Balaban J connectivity index is 1.40. The van der Waals surface area contributed by atoms with E-state index in [4.69, 9.17) is 4.74 Å². The third kappa shape index (κ3) is 4.96. The van der Waals surface area contributed by atoms with Gasteiger partial charge in [0.15, 0.2) is 5.82 Å². The second kappa shape index (κ2) is 10.1. The van der Waals surface area contributed by atoms with Crippen molar-refractivity contribution in [3.63, 3.8) is 0 Å². The van der Waals surface area contributed by atoms with Gasteiger partial charge in [0.2, 0.25) is 5.91 Å². The molecule has 0 aliphatic carbocycles. The van der Waals surface area contributed by atoms with Gasteiger partial charge in [-0.2, -0.15) is 0 Å². The number of benzene rings is 2. The van der Waals surface area contributed by atoms with E-state index in [1.165, 1.54) is 6.42 Å². The Labute approximate surface area is 187 Å². The van der Waals surface area contributed by atoms with Crippen LogP contribution in [-0.4, -0.2) is 39.7 Å². The summed E-state index contributed by atoms with van der Waals surface area (Å²) in [5.41, 5.74) is 1.94. The Kier molecular flexibility index (Phi) is 6.79. The van der Waals surface area contributed by atoms with Gasteiger partial charge in [-0.25, -0.2) is 0 Å². The smallest absolute Gasteiger partial charge is 0.255 e. The molecule has 0 saturated carbocycles. The number of para-hydroxylation sites is 1. The molecule has 1 aliphatic rings. The third-order valence-corrected chi connectivity index (χ3v) is 5.36. The second-order valence-electron chi connectivity index (χ2n) is 7.64. The third-order valence-electron chi connectivity index (χ3n) is 5.36. The lowest BCUT2D eigenvalue weighted by atomic mass is 10.1. The highest BCUT2D eigenvalue weighted by atomic mass is 16.5. The lowest BCUT2D eigenvalue weighted by Gasteiger charge is -2.11. The first-order valence-electron chi connectivity index (χ1n) is 11.0. The summed E-state index contributed by atoms with van der Waals surface area (Å²) >= 11 is 0. The molecule has 0 atom stereocenters. The number of carbonyl (C=O) groups excluding carboxylic acids is 2. The molecule has 0 bridgehead atoms. The average molecular weight is 434 g/mol. The molecule has 32 heavy (non-hydrogen) atoms. The summed E-state index contributed by atoms with van der Waals surface area (Å²) in [4.78, 5) is 24.9. The van der Waals surface area contributed by atoms with Crippen LogP contribution in [0, 0.1) is 0 Å². The van der Waals surface area contributed by atoms with E-state index in [9.17, 15) is 9.59 Å². The molecule has 4 rings (SSSR count). The van der Waals surface area contributed by atoms with Crippen LogP contribution in [0.2, 0.25) is 0 Å². The normalized spacial score (nSPS) is 13.0. The molecule has 0 fully saturated rings. The summed E-state index contributed by atoms with van der Waals surface area (Å²) in [5.74, 6) is 1.66. The van der Waals surface area contributed by atoms with Crippen LogP contribution in [0.4, 0.5) is 5.69 Å². The number of ether oxygens (including phenoxy) is 1. The van der Waals surface area contributed by atoms with Gasteiger partial charge in [-0.1, -0.05) is 30.7 Å². The maximum absolute atomic E-state index is 12.5. The zero-order valence-electron chi connectivity index (χ0n) is 18.1. The quantitative estimate of drug-likeness (QED) is 0.595. The highest BCUT2D eigenvalue weighted by Crippen LogP contribution is 2.25. The number of hydrogen-bond donors (Lipinski definition) is 2. The molecule has 2 aromatic carbocycles. The summed E-state index contributed by atoms with van der Waals surface area (Å²) in [7, 11) is 0. The van der Waals surface area contributed by atoms with E-state index in [0.29, 0.717) is 23.6 Å². The molecule has 0 saturated heterocycles. The van der Waals surface area contributed by atoms with E-state index in [-0.39, 0.29) is 18.4 Å². The first-order valence-corrected chi connectivity index (χ1v) is 11.0. The van der Waals surface area contributed by atoms with Crippen molar-refractivity contribution < 1.29 is 14.3 Å². The molecule has 2 amide bonds. The molecule has 2 N–H and O–H groups in total. The number of hydrogen-bond acceptors (Lipinski definition) is 5. The topological polar surface area (TPSA) is 98.1 Å². The molecule has 1 aliphatic heterocycles. The Morgan fingerprint density at radius 1 is 1.06 bits per heavy atom. The molecule has 0 radical (unpaired) electrons. The van der Waals surface area contributed by atoms with Crippen molar-refractivity contribution in [1.29, 1.82) is 0 Å². The molecule has 8 nitrogen and oxygen atoms in total. The predicted molar refractivity (Wildman–Crippen MR) is 122 cm³/mol. The Morgan fingerprint density at radius 2 is 1.94 bits per heavy atom. The van der Waals surface area contributed by atoms with Crippen LogP contribution >= 0.6 is 0 Å². The van der Waals surface area contributed by atoms with Gasteiger partial charge in [0, 0.05) is 24.2 Å². The molecule has 2 heterocycles. The Hall–Kier alpha value is -3.68. The molecule has 1 aromatic heterocycles. The fraction of sp³-hybridized carbons (Fsp3) is 0.333. The van der Waals surface area contributed by atoms with Gasteiger partial charge in [-0.05, 0) is 44.0 Å². The van der Waals surface area contributed by atoms with Crippen LogP contribution in [0.5, 0.6) is 5.75 Å². The largest absolute Gasteiger partial charge is 0.493 e. The zero-order valence-corrected chi connectivity index (χ0v) is 18.1. The highest BCUT2D eigenvalue weighted by Gasteiger charge is 2.17. The van der Waals surface area contributed by atoms with Gasteiger partial charge in [-0.15, -0.1) is 10.2 Å². The van der Waals surface area contributed by atoms with Gasteiger partial charge >= 0.3 is 0 Å². The van der Waals surface area contributed by atoms with E-state index in [2.05, 4.69) is 25.4 Å². The van der Waals surface area contributed by atoms with Gasteiger partial charge in [0.25, 0.3) is 5.91 Å². The molecule has 0 unspecified atom stereocenters. The maximum Gasteiger partial charge on any atom is 0.255 e. The van der Waals surface area contributed by atoms with Crippen molar-refractivity contribution in [2.24, 2.45) is 0 Å². The van der Waals surface area contributed by atoms with Crippen molar-refractivity contribution in [3.8, 4) is 17.1 Å². The molecule has 8 heteroatoms. The second-order valence-corrected chi connectivity index (χ2v) is 7.64. The minimum atomic E-state index is -0.357. The maximum atomic E-state index is 12.5. The number of anilines is 1. The monoisotopic (exact) mass is 433 g/mol. The number of rotatable bonds is 7. The number of nitrogens with zero attached hydrogens (tertiary/aromatic N) is 3. The van der Waals surface area contributed by atoms with Gasteiger partial charge in [-0.3, -0.25) is 9.59 Å². The lowest BCUT2D eigenvalue weighted by Crippen LogP contribution is -2.33. The Bertz CT molecular complexity index is 1110. The number of nitrogens with one attached hydrogen (secondary N) is 2. The number of carbonyl (C=O) groups is 2. The zero-order chi connectivity index (χ0) is 22.3. The summed E-state index contributed by atoms with van der Waals surface area (Å²) in [6.07, 6.45) is 4.38. The van der Waals surface area contributed by atoms with Gasteiger partial charge < -0.3 is 19.9 Å². The summed E-state index contributed by atoms with van der Waals surface area (Å²) < 4.78 is 7.65. The van der Waals surface area contributed by atoms with Crippen LogP contribution in [-0.2, 0) is 17.8 Å². The Morgan fingerprint density at radius 3 is 2.81 bits per heavy atom. The highest BCUT2D eigenvalue weighted by molar-refractivity contribution is 6.01. The van der Waals surface area contributed by atoms with E-state index < -0.39 is 0 Å². The van der Waals surface area contributed by atoms with E-state index in [1.807, 2.05) is 31.2 Å². The molecule has 3 aromatic rings. The number of aromatic nitrogens is 3. The van der Waals surface area contributed by atoms with Crippen molar-refractivity contribution in [2.75, 3.05) is 18.5 Å². The molecule has 166 valence electrons. The average Bonchev–Trinajstić information content (AvgIpc) is 3.06. The van der Waals surface area contributed by atoms with E-state index in [1.54, 1.807) is 24.3 Å². The van der Waals surface area contributed by atoms with E-state index >= 15 is 0 Å². The number of aryl methyl sites for hydroxylation is 1. The molecular formula is C24H27N5O3. The van der Waals surface area contributed by atoms with Crippen molar-refractivity contribution >= 4 is 17.5 Å². The minimum Gasteiger partial charge on any atom is -0.493 e. The van der Waals surface area contributed by atoms with E-state index in [0.717, 1.165) is 43.0 Å². The predicted octanol–water partition coefficient (Wildman–Crippen LogP) is 3.44.